The molecule has 200 valence electrons. The molecular formula is C30H36N4O3S. The molecule has 0 radical (unpaired) electrons. The number of aromatic amines is 1. The van der Waals surface area contributed by atoms with Crippen LogP contribution in [0.3, 0.4) is 0 Å². The van der Waals surface area contributed by atoms with Crippen LogP contribution in [0.2, 0.25) is 0 Å². The topological polar surface area (TPSA) is 97.8 Å². The van der Waals surface area contributed by atoms with E-state index in [9.17, 15) is 13.5 Å². The van der Waals surface area contributed by atoms with E-state index in [-0.39, 0.29) is 19.1 Å². The maximum atomic E-state index is 12.1. The summed E-state index contributed by atoms with van der Waals surface area (Å²) in [5.41, 5.74) is 5.12. The predicted octanol–water partition coefficient (Wildman–Crippen LogP) is 6.43. The zero-order chi connectivity index (χ0) is 25.8. The van der Waals surface area contributed by atoms with Crippen molar-refractivity contribution in [2.24, 2.45) is 4.99 Å². The Labute approximate surface area is 225 Å². The number of sulfonamides is 1. The van der Waals surface area contributed by atoms with E-state index in [2.05, 4.69) is 26.7 Å². The van der Waals surface area contributed by atoms with Crippen molar-refractivity contribution >= 4 is 38.0 Å². The summed E-state index contributed by atoms with van der Waals surface area (Å²) in [6, 6.07) is 23.1. The number of rotatable bonds is 8. The highest BCUT2D eigenvalue weighted by Crippen LogP contribution is 2.33. The molecular weight excluding hydrogens is 496 g/mol. The van der Waals surface area contributed by atoms with Gasteiger partial charge in [0, 0.05) is 28.7 Å². The van der Waals surface area contributed by atoms with Crippen LogP contribution in [0.25, 0.3) is 10.9 Å². The number of aliphatic imine (C=N–C) groups is 1. The number of aromatic nitrogens is 1. The standard InChI is InChI=1S/C29H32N4O3S.CH4/c1-2-37(35,36)32-24-15-16-26-25(19-24)27(29(34)31-26)28(22-9-5-3-6-10-22)30-23-13-11-21(12-14-23)20-33-17-7-4-8-18-33;/h3,5-6,9-16,19,31-32,34H,2,4,7-8,17-18,20H2,1H3;1H4. The molecule has 0 saturated carbocycles. The predicted molar refractivity (Wildman–Crippen MR) is 157 cm³/mol. The second-order valence-electron chi connectivity index (χ2n) is 9.44. The number of H-pyrrole nitrogens is 1. The fourth-order valence-electron chi connectivity index (χ4n) is 4.77. The Kier molecular flexibility index (Phi) is 8.54. The van der Waals surface area contributed by atoms with Crippen molar-refractivity contribution in [3.8, 4) is 5.88 Å². The monoisotopic (exact) mass is 532 g/mol. The normalized spacial score (nSPS) is 14.8. The van der Waals surface area contributed by atoms with Gasteiger partial charge >= 0.3 is 0 Å². The van der Waals surface area contributed by atoms with Crippen LogP contribution in [-0.4, -0.2) is 48.0 Å². The minimum Gasteiger partial charge on any atom is -0.494 e. The summed E-state index contributed by atoms with van der Waals surface area (Å²) >= 11 is 0. The van der Waals surface area contributed by atoms with E-state index in [1.165, 1.54) is 24.8 Å². The first kappa shape index (κ1) is 27.4. The number of piperidine rings is 1. The van der Waals surface area contributed by atoms with Crippen molar-refractivity contribution in [3.05, 3.63) is 89.5 Å². The Morgan fingerprint density at radius 2 is 1.71 bits per heavy atom. The van der Waals surface area contributed by atoms with Gasteiger partial charge in [0.05, 0.1) is 22.7 Å². The second-order valence-corrected chi connectivity index (χ2v) is 11.5. The van der Waals surface area contributed by atoms with Gasteiger partial charge in [0.2, 0.25) is 10.0 Å². The Bertz CT molecular complexity index is 1500. The molecule has 0 aliphatic carbocycles. The van der Waals surface area contributed by atoms with E-state index in [1.807, 2.05) is 42.5 Å². The molecule has 0 spiro atoms. The quantitative estimate of drug-likeness (QED) is 0.228. The Hall–Kier alpha value is -3.62. The molecule has 4 aromatic rings. The average molecular weight is 533 g/mol. The molecule has 8 heteroatoms. The fourth-order valence-corrected chi connectivity index (χ4v) is 5.40. The van der Waals surface area contributed by atoms with Gasteiger partial charge in [-0.1, -0.05) is 56.3 Å². The van der Waals surface area contributed by atoms with Gasteiger partial charge < -0.3 is 10.1 Å². The molecule has 0 bridgehead atoms. The molecule has 5 rings (SSSR count). The molecule has 0 amide bonds. The molecule has 38 heavy (non-hydrogen) atoms. The lowest BCUT2D eigenvalue weighted by atomic mass is 10.0. The van der Waals surface area contributed by atoms with E-state index in [4.69, 9.17) is 4.99 Å². The minimum absolute atomic E-state index is 0. The maximum absolute atomic E-state index is 12.1. The lowest BCUT2D eigenvalue weighted by Gasteiger charge is -2.26. The first-order valence-electron chi connectivity index (χ1n) is 12.7. The lowest BCUT2D eigenvalue weighted by molar-refractivity contribution is 0.221. The molecule has 7 nitrogen and oxygen atoms in total. The SMILES string of the molecule is C.CCS(=O)(=O)Nc1ccc2[nH]c(O)c(C(=Nc3ccc(CN4CCCCC4)cc3)c3ccccc3)c2c1. The zero-order valence-electron chi connectivity index (χ0n) is 20.9. The smallest absolute Gasteiger partial charge is 0.232 e. The number of nitrogens with one attached hydrogen (secondary N) is 2. The number of aromatic hydroxyl groups is 1. The Morgan fingerprint density at radius 3 is 2.39 bits per heavy atom. The van der Waals surface area contributed by atoms with Crippen LogP contribution in [0.15, 0.2) is 77.8 Å². The van der Waals surface area contributed by atoms with Gasteiger partial charge in [0.15, 0.2) is 5.88 Å². The van der Waals surface area contributed by atoms with Gasteiger partial charge in [-0.25, -0.2) is 13.4 Å². The maximum Gasteiger partial charge on any atom is 0.232 e. The number of benzene rings is 3. The van der Waals surface area contributed by atoms with Crippen LogP contribution >= 0.6 is 0 Å². The minimum atomic E-state index is -3.44. The van der Waals surface area contributed by atoms with Gasteiger partial charge in [-0.15, -0.1) is 0 Å². The first-order chi connectivity index (χ1) is 17.9. The number of nitrogens with zero attached hydrogens (tertiary/aromatic N) is 2. The van der Waals surface area contributed by atoms with Crippen molar-refractivity contribution in [2.75, 3.05) is 23.6 Å². The van der Waals surface area contributed by atoms with E-state index in [0.29, 0.717) is 27.9 Å². The van der Waals surface area contributed by atoms with Gasteiger partial charge in [0.1, 0.15) is 0 Å². The summed E-state index contributed by atoms with van der Waals surface area (Å²) in [6.07, 6.45) is 3.84. The second kappa shape index (κ2) is 11.8. The highest BCUT2D eigenvalue weighted by molar-refractivity contribution is 7.92. The van der Waals surface area contributed by atoms with Crippen molar-refractivity contribution in [1.29, 1.82) is 0 Å². The fraction of sp³-hybridized carbons (Fsp3) is 0.300. The van der Waals surface area contributed by atoms with Crippen LogP contribution in [0.5, 0.6) is 5.88 Å². The number of hydrogen-bond acceptors (Lipinski definition) is 5. The molecule has 0 atom stereocenters. The van der Waals surface area contributed by atoms with Crippen molar-refractivity contribution in [3.63, 3.8) is 0 Å². The highest BCUT2D eigenvalue weighted by Gasteiger charge is 2.20. The zero-order valence-corrected chi connectivity index (χ0v) is 21.8. The molecule has 2 heterocycles. The van der Waals surface area contributed by atoms with Crippen molar-refractivity contribution in [2.45, 2.75) is 40.2 Å². The molecule has 1 fully saturated rings. The van der Waals surface area contributed by atoms with Crippen molar-refractivity contribution in [1.82, 2.24) is 9.88 Å². The molecule has 3 aromatic carbocycles. The molecule has 1 saturated heterocycles. The summed E-state index contributed by atoms with van der Waals surface area (Å²) in [5, 5.41) is 11.6. The molecule has 1 aliphatic rings. The molecule has 0 unspecified atom stereocenters. The highest BCUT2D eigenvalue weighted by atomic mass is 32.2. The van der Waals surface area contributed by atoms with E-state index in [0.717, 1.165) is 30.9 Å². The number of anilines is 1. The number of hydrogen-bond donors (Lipinski definition) is 3. The van der Waals surface area contributed by atoms with Crippen LogP contribution in [0.1, 0.15) is 50.3 Å². The summed E-state index contributed by atoms with van der Waals surface area (Å²) in [7, 11) is -3.44. The largest absolute Gasteiger partial charge is 0.494 e. The molecule has 1 aromatic heterocycles. The Balaban J connectivity index is 0.00000336. The third-order valence-corrected chi connectivity index (χ3v) is 8.06. The van der Waals surface area contributed by atoms with Gasteiger partial charge in [-0.05, 0) is 68.8 Å². The van der Waals surface area contributed by atoms with Crippen LogP contribution in [-0.2, 0) is 16.6 Å². The van der Waals surface area contributed by atoms with Crippen LogP contribution in [0.4, 0.5) is 11.4 Å². The average Bonchev–Trinajstić information content (AvgIpc) is 3.24. The van der Waals surface area contributed by atoms with Crippen LogP contribution in [0, 0.1) is 0 Å². The number of fused-ring (bicyclic) bond motifs is 1. The third kappa shape index (κ3) is 6.26. The third-order valence-electron chi connectivity index (χ3n) is 6.75. The number of likely N-dealkylation sites (tertiary alicyclic amines) is 1. The van der Waals surface area contributed by atoms with E-state index < -0.39 is 10.0 Å². The molecule has 1 aliphatic heterocycles. The van der Waals surface area contributed by atoms with Gasteiger partial charge in [-0.2, -0.15) is 0 Å². The van der Waals surface area contributed by atoms with Gasteiger partial charge in [0.25, 0.3) is 0 Å². The van der Waals surface area contributed by atoms with E-state index in [1.54, 1.807) is 25.1 Å². The summed E-state index contributed by atoms with van der Waals surface area (Å²) in [5.74, 6) is -0.0457. The van der Waals surface area contributed by atoms with Gasteiger partial charge in [-0.3, -0.25) is 9.62 Å². The summed E-state index contributed by atoms with van der Waals surface area (Å²) < 4.78 is 26.9. The molecule has 3 N–H and O–H groups in total. The van der Waals surface area contributed by atoms with Crippen molar-refractivity contribution < 1.29 is 13.5 Å². The first-order valence-corrected chi connectivity index (χ1v) is 14.4. The van der Waals surface area contributed by atoms with E-state index >= 15 is 0 Å². The Morgan fingerprint density at radius 1 is 1.00 bits per heavy atom. The summed E-state index contributed by atoms with van der Waals surface area (Å²) in [4.78, 5) is 10.5. The summed E-state index contributed by atoms with van der Waals surface area (Å²) in [6.45, 7) is 4.82. The van der Waals surface area contributed by atoms with Crippen LogP contribution < -0.4 is 4.72 Å². The lowest BCUT2D eigenvalue weighted by Crippen LogP contribution is -2.28.